The van der Waals surface area contributed by atoms with Crippen LogP contribution in [0.25, 0.3) is 5.65 Å². The van der Waals surface area contributed by atoms with Crippen LogP contribution in [0.4, 0.5) is 17.2 Å². The van der Waals surface area contributed by atoms with Gasteiger partial charge in [-0.15, -0.1) is 15.3 Å². The second kappa shape index (κ2) is 6.29. The minimum Gasteiger partial charge on any atom is -0.380 e. The summed E-state index contributed by atoms with van der Waals surface area (Å²) in [6.07, 6.45) is 0. The fourth-order valence-electron chi connectivity index (χ4n) is 2.15. The first kappa shape index (κ1) is 16.5. The van der Waals surface area contributed by atoms with E-state index in [0.717, 1.165) is 24.8 Å². The van der Waals surface area contributed by atoms with E-state index < -0.39 is 0 Å². The van der Waals surface area contributed by atoms with E-state index in [2.05, 4.69) is 68.1 Å². The van der Waals surface area contributed by atoms with E-state index in [-0.39, 0.29) is 0 Å². The van der Waals surface area contributed by atoms with Gasteiger partial charge in [-0.2, -0.15) is 0 Å². The third kappa shape index (κ3) is 3.17. The summed E-state index contributed by atoms with van der Waals surface area (Å²) in [7, 11) is 0. The molecular weight excluding hydrogens is 492 g/mol. The minimum absolute atomic E-state index is 0.291. The molecule has 9 heteroatoms. The van der Waals surface area contributed by atoms with E-state index in [1.54, 1.807) is 4.52 Å². The molecule has 0 amide bonds. The van der Waals surface area contributed by atoms with Gasteiger partial charge in [0.2, 0.25) is 0 Å². The predicted molar refractivity (Wildman–Crippen MR) is 101 cm³/mol. The van der Waals surface area contributed by atoms with Crippen LogP contribution in [-0.4, -0.2) is 14.6 Å². The van der Waals surface area contributed by atoms with Crippen molar-refractivity contribution >= 4 is 70.6 Å². The average Bonchev–Trinajstić information content (AvgIpc) is 2.74. The lowest BCUT2D eigenvalue weighted by molar-refractivity contribution is 0.890. The quantitative estimate of drug-likeness (QED) is 0.461. The Balaban J connectivity index is 2.14. The molecule has 1 aromatic carbocycles. The highest BCUT2D eigenvalue weighted by Gasteiger charge is 2.14. The van der Waals surface area contributed by atoms with Gasteiger partial charge in [0, 0.05) is 24.8 Å². The van der Waals surface area contributed by atoms with Crippen molar-refractivity contribution in [2.24, 2.45) is 10.2 Å². The van der Waals surface area contributed by atoms with Crippen molar-refractivity contribution in [1.82, 2.24) is 14.6 Å². The van der Waals surface area contributed by atoms with Gasteiger partial charge in [0.05, 0.1) is 0 Å². The molecule has 0 aliphatic heterocycles. The van der Waals surface area contributed by atoms with Gasteiger partial charge in [-0.1, -0.05) is 15.9 Å². The Kier molecular flexibility index (Phi) is 4.52. The van der Waals surface area contributed by atoms with Crippen LogP contribution in [0.2, 0.25) is 0 Å². The normalized spacial score (nSPS) is 11.7. The number of nitrogens with zero attached hydrogens (tertiary/aromatic N) is 5. The maximum Gasteiger partial charge on any atom is 0.185 e. The van der Waals surface area contributed by atoms with Gasteiger partial charge >= 0.3 is 0 Å². The zero-order valence-corrected chi connectivity index (χ0v) is 16.9. The summed E-state index contributed by atoms with van der Waals surface area (Å²) in [5, 5.41) is 12.8. The van der Waals surface area contributed by atoms with E-state index in [0.29, 0.717) is 22.8 Å². The maximum absolute atomic E-state index is 5.98. The SMILES string of the molecule is Cc1cc(C)n2nc(N)c(N=Nc3c(Br)cc(Br)cc3Br)c2n1. The molecular formula is C14H11Br3N6. The molecule has 0 spiro atoms. The lowest BCUT2D eigenvalue weighted by Gasteiger charge is -2.02. The number of azo groups is 1. The molecule has 0 saturated carbocycles. The number of hydrogen-bond acceptors (Lipinski definition) is 5. The summed E-state index contributed by atoms with van der Waals surface area (Å²) in [6.45, 7) is 3.86. The Labute approximate surface area is 157 Å². The van der Waals surface area contributed by atoms with Crippen molar-refractivity contribution in [3.63, 3.8) is 0 Å². The number of halogens is 3. The number of rotatable bonds is 2. The largest absolute Gasteiger partial charge is 0.380 e. The highest BCUT2D eigenvalue weighted by Crippen LogP contribution is 2.38. The number of hydrogen-bond donors (Lipinski definition) is 1. The second-order valence-electron chi connectivity index (χ2n) is 4.93. The van der Waals surface area contributed by atoms with Crippen molar-refractivity contribution < 1.29 is 0 Å². The molecule has 0 unspecified atom stereocenters. The van der Waals surface area contributed by atoms with Crippen LogP contribution >= 0.6 is 47.8 Å². The van der Waals surface area contributed by atoms with Crippen LogP contribution in [0.1, 0.15) is 11.4 Å². The van der Waals surface area contributed by atoms with Gasteiger partial charge in [-0.05, 0) is 63.9 Å². The zero-order valence-electron chi connectivity index (χ0n) is 12.2. The molecule has 3 aromatic rings. The monoisotopic (exact) mass is 500 g/mol. The molecule has 0 fully saturated rings. The lowest BCUT2D eigenvalue weighted by atomic mass is 10.3. The number of benzene rings is 1. The first-order chi connectivity index (χ1) is 10.9. The van der Waals surface area contributed by atoms with Gasteiger partial charge in [0.1, 0.15) is 5.69 Å². The Morgan fingerprint density at radius 3 is 2.26 bits per heavy atom. The third-order valence-corrected chi connectivity index (χ3v) is 4.80. The van der Waals surface area contributed by atoms with Crippen LogP contribution in [0.15, 0.2) is 41.8 Å². The summed E-state index contributed by atoms with van der Waals surface area (Å²) >= 11 is 10.4. The highest BCUT2D eigenvalue weighted by atomic mass is 79.9. The van der Waals surface area contributed by atoms with Gasteiger partial charge in [0.25, 0.3) is 0 Å². The van der Waals surface area contributed by atoms with E-state index in [9.17, 15) is 0 Å². The standard InChI is InChI=1S/C14H11Br3N6/c1-6-3-7(2)23-14(19-6)12(13(18)22-23)21-20-11-9(16)4-8(15)5-10(11)17/h3-5H,1-2H3,(H2,18,22). The Hall–Kier alpha value is -1.32. The third-order valence-electron chi connectivity index (χ3n) is 3.13. The molecule has 2 aromatic heterocycles. The van der Waals surface area contributed by atoms with Gasteiger partial charge in [-0.3, -0.25) is 0 Å². The molecule has 0 bridgehead atoms. The molecule has 3 rings (SSSR count). The summed E-state index contributed by atoms with van der Waals surface area (Å²) in [5.41, 5.74) is 9.50. The first-order valence-corrected chi connectivity index (χ1v) is 8.93. The smallest absolute Gasteiger partial charge is 0.185 e. The average molecular weight is 503 g/mol. The molecule has 6 nitrogen and oxygen atoms in total. The lowest BCUT2D eigenvalue weighted by Crippen LogP contribution is -1.97. The number of aryl methyl sites for hydroxylation is 2. The summed E-state index contributed by atoms with van der Waals surface area (Å²) in [6, 6.07) is 5.72. The van der Waals surface area contributed by atoms with E-state index >= 15 is 0 Å². The Morgan fingerprint density at radius 1 is 1.00 bits per heavy atom. The maximum atomic E-state index is 5.98. The van der Waals surface area contributed by atoms with Crippen molar-refractivity contribution in [2.45, 2.75) is 13.8 Å². The van der Waals surface area contributed by atoms with Gasteiger partial charge in [-0.25, -0.2) is 9.50 Å². The predicted octanol–water partition coefficient (Wildman–Crippen LogP) is 5.63. The summed E-state index contributed by atoms with van der Waals surface area (Å²) in [5.74, 6) is 0.291. The van der Waals surface area contributed by atoms with Crippen LogP contribution < -0.4 is 5.73 Å². The molecule has 0 saturated heterocycles. The molecule has 118 valence electrons. The van der Waals surface area contributed by atoms with E-state index in [1.807, 2.05) is 32.0 Å². The Bertz CT molecular complexity index is 924. The van der Waals surface area contributed by atoms with Crippen molar-refractivity contribution in [1.29, 1.82) is 0 Å². The topological polar surface area (TPSA) is 80.9 Å². The molecule has 0 radical (unpaired) electrons. The Morgan fingerprint density at radius 2 is 1.61 bits per heavy atom. The summed E-state index contributed by atoms with van der Waals surface area (Å²) in [4.78, 5) is 4.46. The number of nitrogen functional groups attached to an aromatic ring is 1. The molecule has 0 atom stereocenters. The number of fused-ring (bicyclic) bond motifs is 1. The van der Waals surface area contributed by atoms with Crippen LogP contribution in [0, 0.1) is 13.8 Å². The highest BCUT2D eigenvalue weighted by molar-refractivity contribution is 9.11. The number of anilines is 1. The minimum atomic E-state index is 0.291. The number of nitrogens with two attached hydrogens (primary N) is 1. The van der Waals surface area contributed by atoms with Crippen LogP contribution in [-0.2, 0) is 0 Å². The molecule has 2 heterocycles. The van der Waals surface area contributed by atoms with Crippen molar-refractivity contribution in [2.75, 3.05) is 5.73 Å². The fraction of sp³-hybridized carbons (Fsp3) is 0.143. The van der Waals surface area contributed by atoms with E-state index in [4.69, 9.17) is 5.73 Å². The molecule has 0 aliphatic rings. The van der Waals surface area contributed by atoms with Crippen LogP contribution in [0.5, 0.6) is 0 Å². The fourth-order valence-corrected chi connectivity index (χ4v) is 4.57. The number of aromatic nitrogens is 3. The van der Waals surface area contributed by atoms with E-state index in [1.165, 1.54) is 0 Å². The summed E-state index contributed by atoms with van der Waals surface area (Å²) < 4.78 is 4.21. The molecule has 2 N–H and O–H groups in total. The first-order valence-electron chi connectivity index (χ1n) is 6.55. The van der Waals surface area contributed by atoms with Crippen LogP contribution in [0.3, 0.4) is 0 Å². The second-order valence-corrected chi connectivity index (χ2v) is 7.55. The van der Waals surface area contributed by atoms with Gasteiger partial charge < -0.3 is 5.73 Å². The van der Waals surface area contributed by atoms with Crippen molar-refractivity contribution in [3.05, 3.63) is 43.0 Å². The molecule has 23 heavy (non-hydrogen) atoms. The zero-order chi connectivity index (χ0) is 16.7. The van der Waals surface area contributed by atoms with Gasteiger partial charge in [0.15, 0.2) is 17.2 Å². The molecule has 0 aliphatic carbocycles. The van der Waals surface area contributed by atoms with Crippen molar-refractivity contribution in [3.8, 4) is 0 Å².